The van der Waals surface area contributed by atoms with Crippen LogP contribution < -0.4 is 0 Å². The number of aromatic hydroxyl groups is 1. The molecule has 0 saturated carbocycles. The van der Waals surface area contributed by atoms with Gasteiger partial charge in [0.05, 0.1) is 7.11 Å². The number of carbonyl (C=O) groups is 1. The van der Waals surface area contributed by atoms with Crippen LogP contribution in [0.1, 0.15) is 17.2 Å². The third kappa shape index (κ3) is 2.85. The molecule has 0 heterocycles. The number of carbonyl (C=O) groups excluding carboxylic acids is 1. The Bertz CT molecular complexity index is 673. The molecule has 116 valence electrons. The van der Waals surface area contributed by atoms with Gasteiger partial charge < -0.3 is 20.1 Å². The fourth-order valence-corrected chi connectivity index (χ4v) is 2.58. The average Bonchev–Trinajstić information content (AvgIpc) is 2.55. The van der Waals surface area contributed by atoms with Crippen LogP contribution in [0.25, 0.3) is 0 Å². The van der Waals surface area contributed by atoms with E-state index in [0.29, 0.717) is 4.47 Å². The number of hydrogen-bond acceptors (Lipinski definition) is 5. The van der Waals surface area contributed by atoms with Crippen LogP contribution in [-0.4, -0.2) is 28.4 Å². The molecular formula is C16H15BrO5. The molecule has 2 unspecified atom stereocenters. The van der Waals surface area contributed by atoms with Crippen LogP contribution in [0.5, 0.6) is 5.75 Å². The number of ether oxygens (including phenoxy) is 1. The van der Waals surface area contributed by atoms with E-state index >= 15 is 0 Å². The van der Waals surface area contributed by atoms with Gasteiger partial charge in [-0.1, -0.05) is 46.3 Å². The molecule has 0 saturated heterocycles. The van der Waals surface area contributed by atoms with Gasteiger partial charge in [-0.15, -0.1) is 0 Å². The first kappa shape index (κ1) is 16.5. The number of aliphatic hydroxyl groups excluding tert-OH is 1. The topological polar surface area (TPSA) is 87.0 Å². The number of benzene rings is 2. The van der Waals surface area contributed by atoms with Crippen LogP contribution in [0.4, 0.5) is 0 Å². The van der Waals surface area contributed by atoms with Crippen molar-refractivity contribution in [3.63, 3.8) is 0 Å². The molecule has 2 aromatic carbocycles. The second-order valence-corrected chi connectivity index (χ2v) is 5.65. The normalized spacial score (nSPS) is 14.9. The predicted octanol–water partition coefficient (Wildman–Crippen LogP) is 2.25. The number of halogens is 1. The Morgan fingerprint density at radius 2 is 1.86 bits per heavy atom. The molecule has 6 heteroatoms. The van der Waals surface area contributed by atoms with Gasteiger partial charge in [0.2, 0.25) is 5.60 Å². The average molecular weight is 367 g/mol. The molecule has 5 nitrogen and oxygen atoms in total. The molecule has 2 rings (SSSR count). The monoisotopic (exact) mass is 366 g/mol. The van der Waals surface area contributed by atoms with E-state index in [1.165, 1.54) is 24.3 Å². The van der Waals surface area contributed by atoms with Gasteiger partial charge in [-0.05, 0) is 23.8 Å². The zero-order valence-electron chi connectivity index (χ0n) is 11.7. The van der Waals surface area contributed by atoms with Crippen LogP contribution in [0.2, 0.25) is 0 Å². The van der Waals surface area contributed by atoms with Crippen molar-refractivity contribution in [3.05, 3.63) is 64.1 Å². The molecular weight excluding hydrogens is 352 g/mol. The summed E-state index contributed by atoms with van der Waals surface area (Å²) in [7, 11) is 1.11. The minimum absolute atomic E-state index is 0.00567. The smallest absolute Gasteiger partial charge is 0.345 e. The van der Waals surface area contributed by atoms with Crippen molar-refractivity contribution in [3.8, 4) is 5.75 Å². The first-order valence-corrected chi connectivity index (χ1v) is 7.23. The van der Waals surface area contributed by atoms with E-state index in [0.717, 1.165) is 7.11 Å². The summed E-state index contributed by atoms with van der Waals surface area (Å²) in [6.45, 7) is 0. The van der Waals surface area contributed by atoms with E-state index in [4.69, 9.17) is 0 Å². The van der Waals surface area contributed by atoms with Crippen molar-refractivity contribution in [2.45, 2.75) is 11.7 Å². The van der Waals surface area contributed by atoms with E-state index in [1.54, 1.807) is 24.3 Å². The minimum Gasteiger partial charge on any atom is -0.508 e. The Kier molecular flexibility index (Phi) is 4.85. The molecule has 0 fully saturated rings. The van der Waals surface area contributed by atoms with Crippen molar-refractivity contribution < 1.29 is 24.9 Å². The van der Waals surface area contributed by atoms with Crippen LogP contribution in [0, 0.1) is 0 Å². The highest BCUT2D eigenvalue weighted by molar-refractivity contribution is 9.10. The van der Waals surface area contributed by atoms with E-state index in [1.807, 2.05) is 0 Å². The SMILES string of the molecule is COC(=O)C(O)(c1ccccc1)C(O)c1cc(Br)ccc1O. The van der Waals surface area contributed by atoms with Crippen molar-refractivity contribution in [2.24, 2.45) is 0 Å². The second-order valence-electron chi connectivity index (χ2n) is 4.73. The number of methoxy groups -OCH3 is 1. The fraction of sp³-hybridized carbons (Fsp3) is 0.188. The molecule has 22 heavy (non-hydrogen) atoms. The Labute approximate surface area is 135 Å². The van der Waals surface area contributed by atoms with Gasteiger partial charge >= 0.3 is 5.97 Å². The van der Waals surface area contributed by atoms with E-state index < -0.39 is 17.7 Å². The highest BCUT2D eigenvalue weighted by atomic mass is 79.9. The van der Waals surface area contributed by atoms with Gasteiger partial charge in [0.15, 0.2) is 0 Å². The first-order valence-electron chi connectivity index (χ1n) is 6.44. The van der Waals surface area contributed by atoms with Crippen LogP contribution in [-0.2, 0) is 15.1 Å². The summed E-state index contributed by atoms with van der Waals surface area (Å²) < 4.78 is 5.22. The van der Waals surface area contributed by atoms with Crippen molar-refractivity contribution >= 4 is 21.9 Å². The summed E-state index contributed by atoms with van der Waals surface area (Å²) in [5.74, 6) is -1.26. The maximum atomic E-state index is 12.1. The molecule has 0 bridgehead atoms. The fourth-order valence-electron chi connectivity index (χ4n) is 2.20. The summed E-state index contributed by atoms with van der Waals surface area (Å²) in [5, 5.41) is 31.3. The number of hydrogen-bond donors (Lipinski definition) is 3. The lowest BCUT2D eigenvalue weighted by Crippen LogP contribution is -2.42. The maximum Gasteiger partial charge on any atom is 0.345 e. The lowest BCUT2D eigenvalue weighted by atomic mass is 9.84. The number of rotatable bonds is 4. The molecule has 0 radical (unpaired) electrons. The van der Waals surface area contributed by atoms with Crippen LogP contribution in [0.3, 0.4) is 0 Å². The Morgan fingerprint density at radius 3 is 2.45 bits per heavy atom. The number of phenols is 1. The number of esters is 1. The highest BCUT2D eigenvalue weighted by Crippen LogP contribution is 2.40. The highest BCUT2D eigenvalue weighted by Gasteiger charge is 2.48. The van der Waals surface area contributed by atoms with E-state index in [-0.39, 0.29) is 16.9 Å². The van der Waals surface area contributed by atoms with E-state index in [2.05, 4.69) is 20.7 Å². The minimum atomic E-state index is -2.34. The van der Waals surface area contributed by atoms with Crippen molar-refractivity contribution in [1.82, 2.24) is 0 Å². The van der Waals surface area contributed by atoms with Gasteiger partial charge in [0.25, 0.3) is 0 Å². The van der Waals surface area contributed by atoms with Gasteiger partial charge in [-0.25, -0.2) is 4.79 Å². The largest absolute Gasteiger partial charge is 0.508 e. The van der Waals surface area contributed by atoms with Crippen molar-refractivity contribution in [2.75, 3.05) is 7.11 Å². The lowest BCUT2D eigenvalue weighted by molar-refractivity contribution is -0.178. The number of phenolic OH excluding ortho intramolecular Hbond substituents is 1. The predicted molar refractivity (Wildman–Crippen MR) is 83.1 cm³/mol. The molecule has 2 aromatic rings. The van der Waals surface area contributed by atoms with Gasteiger partial charge in [-0.3, -0.25) is 0 Å². The molecule has 3 N–H and O–H groups in total. The zero-order chi connectivity index (χ0) is 16.3. The molecule has 0 aliphatic carbocycles. The molecule has 0 aromatic heterocycles. The van der Waals surface area contributed by atoms with Crippen molar-refractivity contribution in [1.29, 1.82) is 0 Å². The standard InChI is InChI=1S/C16H15BrO5/c1-22-15(20)16(21,10-5-3-2-4-6-10)14(19)12-9-11(17)7-8-13(12)18/h2-9,14,18-19,21H,1H3. The first-order chi connectivity index (χ1) is 10.4. The third-order valence-electron chi connectivity index (χ3n) is 3.39. The van der Waals surface area contributed by atoms with Gasteiger partial charge in [0, 0.05) is 10.0 Å². The summed E-state index contributed by atoms with van der Waals surface area (Å²) in [6, 6.07) is 12.3. The second kappa shape index (κ2) is 6.48. The Morgan fingerprint density at radius 1 is 1.23 bits per heavy atom. The molecule has 0 spiro atoms. The molecule has 0 aliphatic heterocycles. The molecule has 0 amide bonds. The zero-order valence-corrected chi connectivity index (χ0v) is 13.3. The summed E-state index contributed by atoms with van der Waals surface area (Å²) in [6.07, 6.45) is -1.71. The Balaban J connectivity index is 2.59. The van der Waals surface area contributed by atoms with Crippen LogP contribution in [0.15, 0.2) is 53.0 Å². The van der Waals surface area contributed by atoms with Crippen LogP contribution >= 0.6 is 15.9 Å². The third-order valence-corrected chi connectivity index (χ3v) is 3.88. The summed E-state index contributed by atoms with van der Waals surface area (Å²) in [4.78, 5) is 12.1. The summed E-state index contributed by atoms with van der Waals surface area (Å²) >= 11 is 3.22. The number of aliphatic hydroxyl groups is 2. The summed E-state index contributed by atoms with van der Waals surface area (Å²) in [5.41, 5.74) is -2.17. The maximum absolute atomic E-state index is 12.1. The van der Waals surface area contributed by atoms with E-state index in [9.17, 15) is 20.1 Å². The lowest BCUT2D eigenvalue weighted by Gasteiger charge is -2.31. The quantitative estimate of drug-likeness (QED) is 0.722. The van der Waals surface area contributed by atoms with Gasteiger partial charge in [-0.2, -0.15) is 0 Å². The molecule has 2 atom stereocenters. The van der Waals surface area contributed by atoms with Gasteiger partial charge in [0.1, 0.15) is 11.9 Å². The Hall–Kier alpha value is -1.89. The molecule has 0 aliphatic rings.